The molecule has 90 valence electrons. The van der Waals surface area contributed by atoms with Crippen LogP contribution in [0.25, 0.3) is 0 Å². The van der Waals surface area contributed by atoms with Crippen molar-refractivity contribution in [2.24, 2.45) is 0 Å². The Labute approximate surface area is 102 Å². The van der Waals surface area contributed by atoms with Crippen LogP contribution in [0.5, 0.6) is 5.75 Å². The maximum absolute atomic E-state index is 11.8. The Balaban J connectivity index is 2.48. The van der Waals surface area contributed by atoms with Gasteiger partial charge >= 0.3 is 0 Å². The van der Waals surface area contributed by atoms with Crippen LogP contribution in [-0.4, -0.2) is 35.9 Å². The van der Waals surface area contributed by atoms with E-state index in [-0.39, 0.29) is 27.9 Å². The predicted molar refractivity (Wildman–Crippen MR) is 60.6 cm³/mol. The molecule has 2 rings (SSSR count). The van der Waals surface area contributed by atoms with Gasteiger partial charge in [-0.25, -0.2) is 0 Å². The molecule has 1 aromatic carbocycles. The number of halogens is 1. The number of hydrogen-bond donors (Lipinski definition) is 0. The van der Waals surface area contributed by atoms with E-state index in [4.69, 9.17) is 16.3 Å². The second-order valence-corrected chi connectivity index (χ2v) is 3.96. The maximum atomic E-state index is 11.8. The Hall–Kier alpha value is -1.82. The molecule has 0 N–H and O–H groups in total. The molecular weight excluding hydrogens is 248 g/mol. The summed E-state index contributed by atoms with van der Waals surface area (Å²) in [5.74, 6) is -0.0587. The Morgan fingerprint density at radius 2 is 2.18 bits per heavy atom. The van der Waals surface area contributed by atoms with Crippen molar-refractivity contribution in [1.82, 2.24) is 4.90 Å². The minimum atomic E-state index is -0.615. The summed E-state index contributed by atoms with van der Waals surface area (Å²) in [6.07, 6.45) is 0. The molecule has 1 fully saturated rings. The molecule has 1 saturated heterocycles. The normalized spacial score (nSPS) is 13.4. The van der Waals surface area contributed by atoms with E-state index in [1.165, 1.54) is 19.2 Å². The fourth-order valence-electron chi connectivity index (χ4n) is 1.44. The van der Waals surface area contributed by atoms with Crippen molar-refractivity contribution in [3.63, 3.8) is 0 Å². The van der Waals surface area contributed by atoms with Gasteiger partial charge in [0.05, 0.1) is 23.7 Å². The number of ether oxygens (including phenoxy) is 1. The van der Waals surface area contributed by atoms with Gasteiger partial charge in [-0.15, -0.1) is 0 Å². The monoisotopic (exact) mass is 256 g/mol. The molecule has 1 aliphatic rings. The fraction of sp³-hybridized carbons (Fsp3) is 0.300. The van der Waals surface area contributed by atoms with Gasteiger partial charge in [0.15, 0.2) is 0 Å². The van der Waals surface area contributed by atoms with Crippen LogP contribution >= 0.6 is 11.6 Å². The Bertz CT molecular complexity index is 499. The zero-order valence-corrected chi connectivity index (χ0v) is 9.73. The zero-order chi connectivity index (χ0) is 12.6. The summed E-state index contributed by atoms with van der Waals surface area (Å²) in [5, 5.41) is 10.6. The number of rotatable bonds is 3. The second-order valence-electron chi connectivity index (χ2n) is 3.55. The molecule has 7 heteroatoms. The molecule has 1 heterocycles. The highest BCUT2D eigenvalue weighted by Gasteiger charge is 2.29. The predicted octanol–water partition coefficient (Wildman–Crippen LogP) is 1.71. The van der Waals surface area contributed by atoms with Gasteiger partial charge in [0.2, 0.25) is 0 Å². The van der Waals surface area contributed by atoms with Crippen molar-refractivity contribution in [2.45, 2.75) is 0 Å². The van der Waals surface area contributed by atoms with Crippen LogP contribution in [0.15, 0.2) is 12.1 Å². The molecule has 0 unspecified atom stereocenters. The maximum Gasteiger partial charge on any atom is 0.291 e. The molecule has 1 amide bonds. The topological polar surface area (TPSA) is 72.5 Å². The lowest BCUT2D eigenvalue weighted by atomic mass is 10.1. The molecule has 0 aliphatic carbocycles. The van der Waals surface area contributed by atoms with Crippen LogP contribution in [0.3, 0.4) is 0 Å². The van der Waals surface area contributed by atoms with Gasteiger partial charge in [0.25, 0.3) is 11.6 Å². The highest BCUT2D eigenvalue weighted by molar-refractivity contribution is 6.33. The first-order chi connectivity index (χ1) is 8.04. The van der Waals surface area contributed by atoms with Crippen molar-refractivity contribution in [2.75, 3.05) is 20.2 Å². The molecule has 0 radical (unpaired) electrons. The molecule has 17 heavy (non-hydrogen) atoms. The molecule has 1 aromatic rings. The van der Waals surface area contributed by atoms with Gasteiger partial charge < -0.3 is 9.64 Å². The third kappa shape index (κ3) is 2.16. The van der Waals surface area contributed by atoms with Crippen LogP contribution in [0.4, 0.5) is 5.69 Å². The summed E-state index contributed by atoms with van der Waals surface area (Å²) in [7, 11) is 1.35. The number of hydrogen-bond acceptors (Lipinski definition) is 4. The minimum absolute atomic E-state index is 0.0685. The Morgan fingerprint density at radius 1 is 1.53 bits per heavy atom. The van der Waals surface area contributed by atoms with Crippen LogP contribution in [0, 0.1) is 10.1 Å². The van der Waals surface area contributed by atoms with Crippen molar-refractivity contribution in [3.05, 3.63) is 32.8 Å². The van der Waals surface area contributed by atoms with E-state index in [2.05, 4.69) is 0 Å². The van der Waals surface area contributed by atoms with E-state index in [0.717, 1.165) is 0 Å². The molecule has 0 spiro atoms. The second kappa shape index (κ2) is 4.21. The fourth-order valence-corrected chi connectivity index (χ4v) is 1.67. The van der Waals surface area contributed by atoms with E-state index in [1.54, 1.807) is 4.90 Å². The van der Waals surface area contributed by atoms with Crippen molar-refractivity contribution in [3.8, 4) is 5.75 Å². The molecule has 0 atom stereocenters. The number of nitro groups is 1. The van der Waals surface area contributed by atoms with Crippen LogP contribution in [-0.2, 0) is 0 Å². The number of carbonyl (C=O) groups excluding carboxylic acids is 1. The number of benzene rings is 1. The molecule has 0 saturated carbocycles. The summed E-state index contributed by atoms with van der Waals surface area (Å²) >= 11 is 5.75. The standard InChI is InChI=1S/C10H9ClN2O4/c1-17-9-5-8(13(15)16)7(11)4-6(9)10(14)12-2-3-12/h4-5H,2-3H2,1H3. The Kier molecular flexibility index (Phi) is 2.89. The van der Waals surface area contributed by atoms with E-state index in [9.17, 15) is 14.9 Å². The van der Waals surface area contributed by atoms with E-state index in [1.807, 2.05) is 0 Å². The minimum Gasteiger partial charge on any atom is -0.496 e. The summed E-state index contributed by atoms with van der Waals surface area (Å²) in [5.41, 5.74) is -0.0218. The molecule has 1 aliphatic heterocycles. The van der Waals surface area contributed by atoms with Gasteiger partial charge in [0, 0.05) is 13.1 Å². The van der Waals surface area contributed by atoms with Gasteiger partial charge in [-0.1, -0.05) is 11.6 Å². The number of methoxy groups -OCH3 is 1. The van der Waals surface area contributed by atoms with Gasteiger partial charge in [-0.2, -0.15) is 0 Å². The number of carbonyl (C=O) groups is 1. The van der Waals surface area contributed by atoms with Crippen LogP contribution < -0.4 is 4.74 Å². The van der Waals surface area contributed by atoms with Crippen LogP contribution in [0.1, 0.15) is 10.4 Å². The van der Waals surface area contributed by atoms with Crippen molar-refractivity contribution < 1.29 is 14.5 Å². The number of amides is 1. The largest absolute Gasteiger partial charge is 0.496 e. The first-order valence-corrected chi connectivity index (χ1v) is 5.23. The Morgan fingerprint density at radius 3 is 2.65 bits per heavy atom. The number of nitro benzene ring substituents is 1. The quantitative estimate of drug-likeness (QED) is 0.469. The number of nitrogens with zero attached hydrogens (tertiary/aromatic N) is 2. The first kappa shape index (κ1) is 11.7. The zero-order valence-electron chi connectivity index (χ0n) is 8.97. The smallest absolute Gasteiger partial charge is 0.291 e. The highest BCUT2D eigenvalue weighted by atomic mass is 35.5. The highest BCUT2D eigenvalue weighted by Crippen LogP contribution is 2.33. The van der Waals surface area contributed by atoms with Gasteiger partial charge in [0.1, 0.15) is 10.8 Å². The summed E-state index contributed by atoms with van der Waals surface area (Å²) < 4.78 is 4.98. The lowest BCUT2D eigenvalue weighted by Gasteiger charge is -2.08. The van der Waals surface area contributed by atoms with Crippen molar-refractivity contribution >= 4 is 23.2 Å². The third-order valence-electron chi connectivity index (χ3n) is 2.43. The van der Waals surface area contributed by atoms with Crippen LogP contribution in [0.2, 0.25) is 5.02 Å². The van der Waals surface area contributed by atoms with Crippen molar-refractivity contribution in [1.29, 1.82) is 0 Å². The lowest BCUT2D eigenvalue weighted by molar-refractivity contribution is -0.384. The SMILES string of the molecule is COc1cc([N+](=O)[O-])c(Cl)cc1C(=O)N1CC1. The lowest BCUT2D eigenvalue weighted by Crippen LogP contribution is -2.12. The molecule has 0 aromatic heterocycles. The molecular formula is C10H9ClN2O4. The van der Waals surface area contributed by atoms with E-state index in [0.29, 0.717) is 13.1 Å². The first-order valence-electron chi connectivity index (χ1n) is 4.85. The average molecular weight is 257 g/mol. The van der Waals surface area contributed by atoms with E-state index >= 15 is 0 Å². The average Bonchev–Trinajstić information content (AvgIpc) is 3.11. The molecule has 6 nitrogen and oxygen atoms in total. The summed E-state index contributed by atoms with van der Waals surface area (Å²) in [6, 6.07) is 2.44. The van der Waals surface area contributed by atoms with Gasteiger partial charge in [-0.3, -0.25) is 14.9 Å². The summed E-state index contributed by atoms with van der Waals surface area (Å²) in [6.45, 7) is 1.38. The summed E-state index contributed by atoms with van der Waals surface area (Å²) in [4.78, 5) is 23.5. The molecule has 0 bridgehead atoms. The third-order valence-corrected chi connectivity index (χ3v) is 2.73. The van der Waals surface area contributed by atoms with Gasteiger partial charge in [-0.05, 0) is 6.07 Å². The van der Waals surface area contributed by atoms with E-state index < -0.39 is 4.92 Å².